The van der Waals surface area contributed by atoms with Crippen LogP contribution in [-0.4, -0.2) is 0 Å². The molecule has 16 heavy (non-hydrogen) atoms. The van der Waals surface area contributed by atoms with Gasteiger partial charge in [-0.15, -0.1) is 0 Å². The summed E-state index contributed by atoms with van der Waals surface area (Å²) < 4.78 is 5.66. The van der Waals surface area contributed by atoms with Crippen LogP contribution in [0.5, 0.6) is 11.5 Å². The fourth-order valence-corrected chi connectivity index (χ4v) is 1.56. The summed E-state index contributed by atoms with van der Waals surface area (Å²) in [4.78, 5) is 0. The van der Waals surface area contributed by atoms with Crippen LogP contribution in [0.25, 0.3) is 0 Å². The molecular weight excluding hydrogens is 222 g/mol. The van der Waals surface area contributed by atoms with Crippen molar-refractivity contribution >= 4 is 17.3 Å². The molecule has 0 fully saturated rings. The molecule has 0 aromatic heterocycles. The minimum atomic E-state index is 0.575. The fourth-order valence-electron chi connectivity index (χ4n) is 1.40. The van der Waals surface area contributed by atoms with Gasteiger partial charge in [-0.05, 0) is 36.8 Å². The molecule has 0 atom stereocenters. The fraction of sp³-hybridized carbons (Fsp3) is 0.0769. The van der Waals surface area contributed by atoms with E-state index in [1.807, 2.05) is 31.2 Å². The third-order valence-corrected chi connectivity index (χ3v) is 2.43. The number of benzene rings is 2. The summed E-state index contributed by atoms with van der Waals surface area (Å²) in [6, 6.07) is 12.9. The van der Waals surface area contributed by atoms with E-state index in [0.29, 0.717) is 16.5 Å². The molecule has 3 heteroatoms. The van der Waals surface area contributed by atoms with E-state index in [0.717, 1.165) is 11.3 Å². The van der Waals surface area contributed by atoms with Crippen LogP contribution in [0.4, 0.5) is 5.69 Å². The van der Waals surface area contributed by atoms with Crippen LogP contribution in [0.15, 0.2) is 42.5 Å². The summed E-state index contributed by atoms with van der Waals surface area (Å²) in [5.74, 6) is 1.34. The summed E-state index contributed by atoms with van der Waals surface area (Å²) >= 11 is 5.88. The third-order valence-electron chi connectivity index (χ3n) is 2.19. The largest absolute Gasteiger partial charge is 0.455 e. The number of nitrogens with two attached hydrogens (primary N) is 1. The average Bonchev–Trinajstić information content (AvgIpc) is 2.24. The minimum Gasteiger partial charge on any atom is -0.455 e. The molecule has 2 rings (SSSR count). The number of hydrogen-bond donors (Lipinski definition) is 1. The average molecular weight is 234 g/mol. The standard InChI is InChI=1S/C13H12ClNO/c1-9-3-2-4-11(7-9)16-13-8-10(14)5-6-12(13)15/h2-8H,15H2,1H3. The molecule has 0 bridgehead atoms. The SMILES string of the molecule is Cc1cccc(Oc2cc(Cl)ccc2N)c1. The van der Waals surface area contributed by atoms with E-state index in [1.54, 1.807) is 18.2 Å². The maximum Gasteiger partial charge on any atom is 0.151 e. The molecule has 0 aliphatic carbocycles. The van der Waals surface area contributed by atoms with Crippen LogP contribution >= 0.6 is 11.6 Å². The Bertz CT molecular complexity index is 511. The Kier molecular flexibility index (Phi) is 3.02. The number of nitrogen functional groups attached to an aromatic ring is 1. The summed E-state index contributed by atoms with van der Waals surface area (Å²) in [6.07, 6.45) is 0. The number of aryl methyl sites for hydroxylation is 1. The van der Waals surface area contributed by atoms with Crippen molar-refractivity contribution in [2.75, 3.05) is 5.73 Å². The zero-order valence-electron chi connectivity index (χ0n) is 8.91. The van der Waals surface area contributed by atoms with E-state index in [-0.39, 0.29) is 0 Å². The van der Waals surface area contributed by atoms with Gasteiger partial charge in [-0.25, -0.2) is 0 Å². The van der Waals surface area contributed by atoms with Gasteiger partial charge in [0.2, 0.25) is 0 Å². The van der Waals surface area contributed by atoms with Crippen LogP contribution in [0, 0.1) is 6.92 Å². The van der Waals surface area contributed by atoms with Crippen molar-refractivity contribution < 1.29 is 4.74 Å². The van der Waals surface area contributed by atoms with Crippen LogP contribution < -0.4 is 10.5 Å². The van der Waals surface area contributed by atoms with Gasteiger partial charge in [-0.3, -0.25) is 0 Å². The second kappa shape index (κ2) is 4.45. The second-order valence-electron chi connectivity index (χ2n) is 3.60. The quantitative estimate of drug-likeness (QED) is 0.795. The first-order valence-electron chi connectivity index (χ1n) is 4.95. The molecule has 0 saturated carbocycles. The molecule has 0 amide bonds. The highest BCUT2D eigenvalue weighted by Gasteiger charge is 2.03. The van der Waals surface area contributed by atoms with Gasteiger partial charge in [-0.2, -0.15) is 0 Å². The second-order valence-corrected chi connectivity index (χ2v) is 4.04. The number of ether oxygens (including phenoxy) is 1. The van der Waals surface area contributed by atoms with Crippen molar-refractivity contribution in [2.24, 2.45) is 0 Å². The number of hydrogen-bond acceptors (Lipinski definition) is 2. The van der Waals surface area contributed by atoms with Gasteiger partial charge in [0.25, 0.3) is 0 Å². The maximum absolute atomic E-state index is 5.88. The first-order valence-corrected chi connectivity index (χ1v) is 5.32. The Labute approximate surface area is 99.6 Å². The predicted octanol–water partition coefficient (Wildman–Crippen LogP) is 4.02. The third kappa shape index (κ3) is 2.47. The molecule has 2 N–H and O–H groups in total. The molecule has 0 heterocycles. The van der Waals surface area contributed by atoms with E-state index in [1.165, 1.54) is 0 Å². The lowest BCUT2D eigenvalue weighted by molar-refractivity contribution is 0.484. The van der Waals surface area contributed by atoms with Gasteiger partial charge >= 0.3 is 0 Å². The van der Waals surface area contributed by atoms with Crippen LogP contribution in [0.3, 0.4) is 0 Å². The molecule has 82 valence electrons. The molecule has 0 spiro atoms. The van der Waals surface area contributed by atoms with Crippen molar-refractivity contribution in [1.29, 1.82) is 0 Å². The van der Waals surface area contributed by atoms with Crippen molar-refractivity contribution in [3.63, 3.8) is 0 Å². The van der Waals surface area contributed by atoms with E-state index in [4.69, 9.17) is 22.1 Å². The maximum atomic E-state index is 5.88. The Balaban J connectivity index is 2.30. The molecular formula is C13H12ClNO. The first-order chi connectivity index (χ1) is 7.65. The summed E-state index contributed by atoms with van der Waals surface area (Å²) in [6.45, 7) is 2.01. The lowest BCUT2D eigenvalue weighted by Gasteiger charge is -2.09. The van der Waals surface area contributed by atoms with E-state index < -0.39 is 0 Å². The molecule has 2 aromatic rings. The minimum absolute atomic E-state index is 0.575. The Morgan fingerprint density at radius 2 is 1.94 bits per heavy atom. The molecule has 0 aliphatic rings. The van der Waals surface area contributed by atoms with E-state index in [2.05, 4.69) is 0 Å². The van der Waals surface area contributed by atoms with Crippen molar-refractivity contribution in [2.45, 2.75) is 6.92 Å². The van der Waals surface area contributed by atoms with E-state index in [9.17, 15) is 0 Å². The highest BCUT2D eigenvalue weighted by Crippen LogP contribution is 2.30. The lowest BCUT2D eigenvalue weighted by atomic mass is 10.2. The monoisotopic (exact) mass is 233 g/mol. The number of rotatable bonds is 2. The van der Waals surface area contributed by atoms with Crippen molar-refractivity contribution in [1.82, 2.24) is 0 Å². The normalized spacial score (nSPS) is 10.1. The summed E-state index contributed by atoms with van der Waals surface area (Å²) in [7, 11) is 0. The molecule has 2 nitrogen and oxygen atoms in total. The lowest BCUT2D eigenvalue weighted by Crippen LogP contribution is -1.91. The van der Waals surface area contributed by atoms with Gasteiger partial charge in [0, 0.05) is 11.1 Å². The van der Waals surface area contributed by atoms with E-state index >= 15 is 0 Å². The topological polar surface area (TPSA) is 35.2 Å². The van der Waals surface area contributed by atoms with Gasteiger partial charge < -0.3 is 10.5 Å². The molecule has 0 aliphatic heterocycles. The highest BCUT2D eigenvalue weighted by molar-refractivity contribution is 6.30. The smallest absolute Gasteiger partial charge is 0.151 e. The highest BCUT2D eigenvalue weighted by atomic mass is 35.5. The Hall–Kier alpha value is -1.67. The van der Waals surface area contributed by atoms with Gasteiger partial charge in [-0.1, -0.05) is 23.7 Å². The zero-order valence-corrected chi connectivity index (χ0v) is 9.66. The van der Waals surface area contributed by atoms with Crippen LogP contribution in [-0.2, 0) is 0 Å². The Morgan fingerprint density at radius 3 is 2.69 bits per heavy atom. The molecule has 0 saturated heterocycles. The predicted molar refractivity (Wildman–Crippen MR) is 67.1 cm³/mol. The molecule has 0 unspecified atom stereocenters. The van der Waals surface area contributed by atoms with Gasteiger partial charge in [0.15, 0.2) is 5.75 Å². The summed E-state index contributed by atoms with van der Waals surface area (Å²) in [5.41, 5.74) is 7.50. The van der Waals surface area contributed by atoms with Gasteiger partial charge in [0.05, 0.1) is 5.69 Å². The molecule has 0 radical (unpaired) electrons. The Morgan fingerprint density at radius 1 is 1.12 bits per heavy atom. The number of anilines is 1. The van der Waals surface area contributed by atoms with Crippen molar-refractivity contribution in [3.8, 4) is 11.5 Å². The molecule has 2 aromatic carbocycles. The van der Waals surface area contributed by atoms with Gasteiger partial charge in [0.1, 0.15) is 5.75 Å². The van der Waals surface area contributed by atoms with Crippen LogP contribution in [0.1, 0.15) is 5.56 Å². The van der Waals surface area contributed by atoms with Crippen LogP contribution in [0.2, 0.25) is 5.02 Å². The number of halogens is 1. The zero-order chi connectivity index (χ0) is 11.5. The summed E-state index contributed by atoms with van der Waals surface area (Å²) in [5, 5.41) is 0.608. The van der Waals surface area contributed by atoms with Crippen molar-refractivity contribution in [3.05, 3.63) is 53.1 Å². The first kappa shape index (κ1) is 10.8.